The van der Waals surface area contributed by atoms with Gasteiger partial charge in [0.05, 0.1) is 25.4 Å². The van der Waals surface area contributed by atoms with Crippen molar-refractivity contribution in [3.8, 4) is 5.88 Å². The van der Waals surface area contributed by atoms with Gasteiger partial charge < -0.3 is 15.4 Å². The molecule has 2 N–H and O–H groups in total. The summed E-state index contributed by atoms with van der Waals surface area (Å²) in [6.07, 6.45) is 1.71. The zero-order valence-electron chi connectivity index (χ0n) is 15.2. The zero-order valence-corrected chi connectivity index (χ0v) is 15.2. The zero-order chi connectivity index (χ0) is 19.2. The largest absolute Gasteiger partial charge is 0.481 e. The lowest BCUT2D eigenvalue weighted by Crippen LogP contribution is -2.42. The molecule has 0 aliphatic rings. The number of hydrogen-bond donors (Lipinski definition) is 2. The first-order chi connectivity index (χ1) is 13.1. The van der Waals surface area contributed by atoms with E-state index in [4.69, 9.17) is 4.74 Å². The summed E-state index contributed by atoms with van der Waals surface area (Å²) in [5.41, 5.74) is 1.47. The van der Waals surface area contributed by atoms with Crippen molar-refractivity contribution in [1.82, 2.24) is 10.3 Å². The Hall–Kier alpha value is -3.41. The van der Waals surface area contributed by atoms with Crippen molar-refractivity contribution in [2.45, 2.75) is 19.4 Å². The molecule has 6 heteroatoms. The smallest absolute Gasteiger partial charge is 0.246 e. The Labute approximate surface area is 157 Å². The van der Waals surface area contributed by atoms with Crippen molar-refractivity contribution in [3.63, 3.8) is 0 Å². The monoisotopic (exact) mass is 363 g/mol. The first-order valence-corrected chi connectivity index (χ1v) is 8.63. The third kappa shape index (κ3) is 4.61. The van der Waals surface area contributed by atoms with Crippen molar-refractivity contribution in [2.75, 3.05) is 12.4 Å². The number of rotatable bonds is 6. The number of methoxy groups -OCH3 is 1. The Kier molecular flexibility index (Phi) is 5.66. The quantitative estimate of drug-likeness (QED) is 0.706. The van der Waals surface area contributed by atoms with Gasteiger partial charge in [-0.3, -0.25) is 9.59 Å². The molecule has 0 aliphatic carbocycles. The number of anilines is 1. The summed E-state index contributed by atoms with van der Waals surface area (Å²) in [6.45, 7) is 1.65. The van der Waals surface area contributed by atoms with E-state index in [0.29, 0.717) is 11.6 Å². The van der Waals surface area contributed by atoms with Crippen LogP contribution in [-0.2, 0) is 16.0 Å². The molecule has 1 unspecified atom stereocenters. The van der Waals surface area contributed by atoms with E-state index in [0.717, 1.165) is 16.3 Å². The topological polar surface area (TPSA) is 80.3 Å². The van der Waals surface area contributed by atoms with E-state index in [2.05, 4.69) is 15.6 Å². The molecule has 3 rings (SSSR count). The van der Waals surface area contributed by atoms with Crippen molar-refractivity contribution < 1.29 is 14.3 Å². The number of carbonyl (C=O) groups is 2. The maximum atomic E-state index is 12.4. The number of pyridine rings is 1. The molecule has 6 nitrogen and oxygen atoms in total. The number of hydrogen-bond acceptors (Lipinski definition) is 4. The molecule has 0 saturated carbocycles. The van der Waals surface area contributed by atoms with Crippen LogP contribution >= 0.6 is 0 Å². The molecule has 0 spiro atoms. The minimum atomic E-state index is -0.672. The fourth-order valence-electron chi connectivity index (χ4n) is 2.80. The molecule has 3 aromatic rings. The number of ether oxygens (including phenoxy) is 1. The van der Waals surface area contributed by atoms with Crippen molar-refractivity contribution in [1.29, 1.82) is 0 Å². The molecule has 1 aromatic heterocycles. The van der Waals surface area contributed by atoms with Crippen LogP contribution in [0.1, 0.15) is 12.5 Å². The molecule has 1 atom stereocenters. The molecule has 0 saturated heterocycles. The average molecular weight is 363 g/mol. The predicted molar refractivity (Wildman–Crippen MR) is 105 cm³/mol. The highest BCUT2D eigenvalue weighted by atomic mass is 16.5. The van der Waals surface area contributed by atoms with Gasteiger partial charge in [0.25, 0.3) is 0 Å². The highest BCUT2D eigenvalue weighted by Gasteiger charge is 2.16. The molecular weight excluding hydrogens is 342 g/mol. The summed E-state index contributed by atoms with van der Waals surface area (Å²) in [4.78, 5) is 28.7. The molecule has 1 heterocycles. The van der Waals surface area contributed by atoms with Gasteiger partial charge in [-0.25, -0.2) is 4.98 Å². The van der Waals surface area contributed by atoms with Gasteiger partial charge >= 0.3 is 0 Å². The lowest BCUT2D eigenvalue weighted by atomic mass is 10.0. The molecule has 0 aliphatic heterocycles. The van der Waals surface area contributed by atoms with Crippen LogP contribution in [0.15, 0.2) is 60.8 Å². The third-order valence-corrected chi connectivity index (χ3v) is 4.21. The fraction of sp³-hybridized carbons (Fsp3) is 0.190. The molecule has 2 aromatic carbocycles. The number of amides is 2. The van der Waals surface area contributed by atoms with Gasteiger partial charge in [0.1, 0.15) is 6.04 Å². The second kappa shape index (κ2) is 8.31. The molecule has 27 heavy (non-hydrogen) atoms. The van der Waals surface area contributed by atoms with Crippen LogP contribution in [0.4, 0.5) is 5.69 Å². The van der Waals surface area contributed by atoms with Gasteiger partial charge in [-0.2, -0.15) is 0 Å². The Morgan fingerprint density at radius 1 is 1.07 bits per heavy atom. The molecular formula is C21H21N3O3. The van der Waals surface area contributed by atoms with Gasteiger partial charge in [-0.05, 0) is 29.3 Å². The van der Waals surface area contributed by atoms with E-state index in [1.165, 1.54) is 13.3 Å². The summed E-state index contributed by atoms with van der Waals surface area (Å²) >= 11 is 0. The van der Waals surface area contributed by atoms with Crippen LogP contribution in [0.25, 0.3) is 10.8 Å². The Balaban J connectivity index is 1.60. The number of carbonyl (C=O) groups excluding carboxylic acids is 2. The average Bonchev–Trinajstić information content (AvgIpc) is 2.68. The number of fused-ring (bicyclic) bond motifs is 1. The third-order valence-electron chi connectivity index (χ3n) is 4.21. The first kappa shape index (κ1) is 18.4. The van der Waals surface area contributed by atoms with Crippen LogP contribution in [0, 0.1) is 0 Å². The first-order valence-electron chi connectivity index (χ1n) is 8.63. The maximum Gasteiger partial charge on any atom is 0.246 e. The summed E-state index contributed by atoms with van der Waals surface area (Å²) in [7, 11) is 1.52. The van der Waals surface area contributed by atoms with Gasteiger partial charge in [-0.1, -0.05) is 42.5 Å². The summed E-state index contributed by atoms with van der Waals surface area (Å²) in [5, 5.41) is 7.58. The minimum Gasteiger partial charge on any atom is -0.481 e. The molecule has 138 valence electrons. The van der Waals surface area contributed by atoms with Crippen molar-refractivity contribution in [3.05, 3.63) is 66.4 Å². The Morgan fingerprint density at radius 3 is 2.59 bits per heavy atom. The minimum absolute atomic E-state index is 0.207. The van der Waals surface area contributed by atoms with Crippen LogP contribution in [0.3, 0.4) is 0 Å². The van der Waals surface area contributed by atoms with Crippen LogP contribution in [0.5, 0.6) is 5.88 Å². The number of nitrogens with zero attached hydrogens (tertiary/aromatic N) is 1. The summed E-state index contributed by atoms with van der Waals surface area (Å²) in [5.74, 6) is -0.0560. The molecule has 0 fully saturated rings. The van der Waals surface area contributed by atoms with E-state index in [-0.39, 0.29) is 18.2 Å². The van der Waals surface area contributed by atoms with Gasteiger partial charge in [0.15, 0.2) is 0 Å². The SMILES string of the molecule is COc1ccc(NC(=O)C(C)NC(=O)Cc2cccc3ccccc23)cn1. The fourth-order valence-corrected chi connectivity index (χ4v) is 2.80. The highest BCUT2D eigenvalue weighted by molar-refractivity contribution is 5.97. The van der Waals surface area contributed by atoms with Crippen molar-refractivity contribution >= 4 is 28.3 Å². The number of benzene rings is 2. The van der Waals surface area contributed by atoms with Gasteiger partial charge in [0.2, 0.25) is 17.7 Å². The van der Waals surface area contributed by atoms with Crippen LogP contribution < -0.4 is 15.4 Å². The lowest BCUT2D eigenvalue weighted by molar-refractivity contribution is -0.125. The van der Waals surface area contributed by atoms with E-state index >= 15 is 0 Å². The van der Waals surface area contributed by atoms with Gasteiger partial charge in [0, 0.05) is 6.07 Å². The Bertz CT molecular complexity index is 949. The second-order valence-electron chi connectivity index (χ2n) is 6.18. The number of nitrogens with one attached hydrogen (secondary N) is 2. The van der Waals surface area contributed by atoms with E-state index < -0.39 is 6.04 Å². The van der Waals surface area contributed by atoms with E-state index in [1.807, 2.05) is 42.5 Å². The van der Waals surface area contributed by atoms with Crippen LogP contribution in [0.2, 0.25) is 0 Å². The van der Waals surface area contributed by atoms with E-state index in [9.17, 15) is 9.59 Å². The lowest BCUT2D eigenvalue weighted by Gasteiger charge is -2.15. The molecule has 0 bridgehead atoms. The van der Waals surface area contributed by atoms with Crippen molar-refractivity contribution in [2.24, 2.45) is 0 Å². The normalized spacial score (nSPS) is 11.6. The van der Waals surface area contributed by atoms with Gasteiger partial charge in [-0.15, -0.1) is 0 Å². The molecule has 2 amide bonds. The second-order valence-corrected chi connectivity index (χ2v) is 6.18. The number of aromatic nitrogens is 1. The predicted octanol–water partition coefficient (Wildman–Crippen LogP) is 2.93. The highest BCUT2D eigenvalue weighted by Crippen LogP contribution is 2.19. The summed E-state index contributed by atoms with van der Waals surface area (Å²) in [6, 6.07) is 16.4. The summed E-state index contributed by atoms with van der Waals surface area (Å²) < 4.78 is 4.98. The van der Waals surface area contributed by atoms with E-state index in [1.54, 1.807) is 19.1 Å². The Morgan fingerprint density at radius 2 is 1.85 bits per heavy atom. The van der Waals surface area contributed by atoms with Crippen LogP contribution in [-0.4, -0.2) is 29.9 Å². The standard InChI is InChI=1S/C21H21N3O3/c1-14(21(26)24-17-10-11-20(27-2)22-13-17)23-19(25)12-16-8-5-7-15-6-3-4-9-18(15)16/h3-11,13-14H,12H2,1-2H3,(H,23,25)(H,24,26). The maximum absolute atomic E-state index is 12.4. The molecule has 0 radical (unpaired) electrons.